The van der Waals surface area contributed by atoms with Gasteiger partial charge >= 0.3 is 0 Å². The zero-order valence-electron chi connectivity index (χ0n) is 10.3. The highest BCUT2D eigenvalue weighted by Gasteiger charge is 2.15. The maximum Gasteiger partial charge on any atom is 0.130 e. The molecule has 0 aliphatic carbocycles. The van der Waals surface area contributed by atoms with Crippen molar-refractivity contribution in [2.45, 2.75) is 20.8 Å². The molecule has 2 heteroatoms. The number of aryl methyl sites for hydroxylation is 3. The van der Waals surface area contributed by atoms with Crippen molar-refractivity contribution in [3.8, 4) is 22.6 Å². The maximum absolute atomic E-state index is 10.1. The van der Waals surface area contributed by atoms with Crippen molar-refractivity contribution >= 4 is 0 Å². The quantitative estimate of drug-likeness (QED) is 0.781. The van der Waals surface area contributed by atoms with Gasteiger partial charge in [-0.1, -0.05) is 24.3 Å². The summed E-state index contributed by atoms with van der Waals surface area (Å²) in [6, 6.07) is 9.25. The Bertz CT molecular complexity index is 551. The second-order valence-electron chi connectivity index (χ2n) is 4.39. The molecule has 2 aromatic rings. The van der Waals surface area contributed by atoms with Crippen LogP contribution in [0.4, 0.5) is 0 Å². The van der Waals surface area contributed by atoms with E-state index in [9.17, 15) is 10.2 Å². The second-order valence-corrected chi connectivity index (χ2v) is 4.39. The first-order chi connectivity index (χ1) is 8.02. The van der Waals surface area contributed by atoms with Gasteiger partial charge in [0.15, 0.2) is 0 Å². The molecule has 0 atom stereocenters. The van der Waals surface area contributed by atoms with Crippen LogP contribution in [-0.4, -0.2) is 10.2 Å². The molecule has 0 aliphatic heterocycles. The number of aromatic hydroxyl groups is 2. The van der Waals surface area contributed by atoms with Gasteiger partial charge in [0.2, 0.25) is 0 Å². The monoisotopic (exact) mass is 228 g/mol. The van der Waals surface area contributed by atoms with Gasteiger partial charge in [-0.2, -0.15) is 0 Å². The normalized spacial score (nSPS) is 10.5. The molecular weight excluding hydrogens is 212 g/mol. The Balaban J connectivity index is 2.82. The molecule has 0 bridgehead atoms. The van der Waals surface area contributed by atoms with Gasteiger partial charge in [-0.3, -0.25) is 0 Å². The summed E-state index contributed by atoms with van der Waals surface area (Å²) in [6.45, 7) is 5.78. The molecule has 0 saturated heterocycles. The van der Waals surface area contributed by atoms with Crippen LogP contribution in [0.3, 0.4) is 0 Å². The Morgan fingerprint density at radius 3 is 1.88 bits per heavy atom. The summed E-state index contributed by atoms with van der Waals surface area (Å²) in [5.74, 6) is 0.271. The fraction of sp³-hybridized carbons (Fsp3) is 0.200. The van der Waals surface area contributed by atoms with Crippen molar-refractivity contribution in [1.29, 1.82) is 0 Å². The predicted molar refractivity (Wildman–Crippen MR) is 69.4 cm³/mol. The van der Waals surface area contributed by atoms with Crippen LogP contribution in [0.25, 0.3) is 11.1 Å². The molecule has 0 unspecified atom stereocenters. The molecule has 0 spiro atoms. The number of phenols is 2. The first kappa shape index (κ1) is 11.5. The summed E-state index contributed by atoms with van der Waals surface area (Å²) in [7, 11) is 0. The molecule has 0 saturated carbocycles. The molecule has 2 N–H and O–H groups in total. The zero-order chi connectivity index (χ0) is 12.6. The fourth-order valence-corrected chi connectivity index (χ4v) is 2.14. The zero-order valence-corrected chi connectivity index (χ0v) is 10.3. The second kappa shape index (κ2) is 4.13. The number of benzene rings is 2. The third-order valence-electron chi connectivity index (χ3n) is 3.09. The largest absolute Gasteiger partial charge is 0.507 e. The van der Waals surface area contributed by atoms with Crippen molar-refractivity contribution in [2.75, 3.05) is 0 Å². The highest BCUT2D eigenvalue weighted by molar-refractivity contribution is 5.81. The number of hydrogen-bond acceptors (Lipinski definition) is 2. The molecule has 2 rings (SSSR count). The summed E-state index contributed by atoms with van der Waals surface area (Å²) in [5.41, 5.74) is 4.29. The summed E-state index contributed by atoms with van der Waals surface area (Å²) < 4.78 is 0. The first-order valence-corrected chi connectivity index (χ1v) is 5.60. The molecule has 2 nitrogen and oxygen atoms in total. The Morgan fingerprint density at radius 2 is 1.29 bits per heavy atom. The van der Waals surface area contributed by atoms with Crippen molar-refractivity contribution in [2.24, 2.45) is 0 Å². The maximum atomic E-state index is 10.1. The van der Waals surface area contributed by atoms with Gasteiger partial charge in [0.05, 0.1) is 5.56 Å². The van der Waals surface area contributed by atoms with E-state index in [0.29, 0.717) is 5.56 Å². The van der Waals surface area contributed by atoms with Crippen molar-refractivity contribution < 1.29 is 10.2 Å². The van der Waals surface area contributed by atoms with Gasteiger partial charge in [-0.05, 0) is 49.1 Å². The Labute approximate surface area is 101 Å². The summed E-state index contributed by atoms with van der Waals surface area (Å²) in [4.78, 5) is 0. The third kappa shape index (κ3) is 1.86. The van der Waals surface area contributed by atoms with Gasteiger partial charge in [0.1, 0.15) is 11.5 Å². The minimum Gasteiger partial charge on any atom is -0.507 e. The number of hydrogen-bond donors (Lipinski definition) is 2. The highest BCUT2D eigenvalue weighted by atomic mass is 16.3. The molecule has 0 radical (unpaired) electrons. The van der Waals surface area contributed by atoms with Gasteiger partial charge < -0.3 is 10.2 Å². The van der Waals surface area contributed by atoms with Crippen molar-refractivity contribution in [1.82, 2.24) is 0 Å². The van der Waals surface area contributed by atoms with E-state index in [-0.39, 0.29) is 11.5 Å². The fourth-order valence-electron chi connectivity index (χ4n) is 2.14. The molecule has 0 aromatic heterocycles. The smallest absolute Gasteiger partial charge is 0.130 e. The van der Waals surface area contributed by atoms with Crippen LogP contribution in [0, 0.1) is 20.8 Å². The van der Waals surface area contributed by atoms with Crippen LogP contribution >= 0.6 is 0 Å². The lowest BCUT2D eigenvalue weighted by Gasteiger charge is -2.14. The Morgan fingerprint density at radius 1 is 0.706 bits per heavy atom. The molecule has 0 heterocycles. The van der Waals surface area contributed by atoms with Gasteiger partial charge in [0.25, 0.3) is 0 Å². The van der Waals surface area contributed by atoms with E-state index in [1.807, 2.05) is 39.0 Å². The lowest BCUT2D eigenvalue weighted by molar-refractivity contribution is 0.451. The number of rotatable bonds is 1. The van der Waals surface area contributed by atoms with Crippen LogP contribution < -0.4 is 0 Å². The summed E-state index contributed by atoms with van der Waals surface area (Å²) >= 11 is 0. The van der Waals surface area contributed by atoms with Gasteiger partial charge in [-0.25, -0.2) is 0 Å². The van der Waals surface area contributed by atoms with Crippen LogP contribution in [-0.2, 0) is 0 Å². The highest BCUT2D eigenvalue weighted by Crippen LogP contribution is 2.41. The first-order valence-electron chi connectivity index (χ1n) is 5.60. The molecule has 0 aliphatic rings. The standard InChI is InChI=1S/C15H16O2/c1-9-5-4-6-10(2)13(9)14-12(16)8-7-11(3)15(14)17/h4-8,16-17H,1-3H3. The van der Waals surface area contributed by atoms with E-state index in [2.05, 4.69) is 0 Å². The van der Waals surface area contributed by atoms with E-state index in [4.69, 9.17) is 0 Å². The minimum absolute atomic E-state index is 0.116. The average Bonchev–Trinajstić information content (AvgIpc) is 2.28. The van der Waals surface area contributed by atoms with Crippen molar-refractivity contribution in [3.05, 3.63) is 47.0 Å². The summed E-state index contributed by atoms with van der Waals surface area (Å²) in [5, 5.41) is 20.1. The number of phenolic OH excluding ortho intramolecular Hbond substituents is 2. The lowest BCUT2D eigenvalue weighted by atomic mass is 9.93. The van der Waals surface area contributed by atoms with Crippen LogP contribution in [0.2, 0.25) is 0 Å². The topological polar surface area (TPSA) is 40.5 Å². The van der Waals surface area contributed by atoms with E-state index in [1.165, 1.54) is 0 Å². The SMILES string of the molecule is Cc1ccc(O)c(-c2c(C)cccc2C)c1O. The average molecular weight is 228 g/mol. The minimum atomic E-state index is 0.116. The van der Waals surface area contributed by atoms with Crippen LogP contribution in [0.1, 0.15) is 16.7 Å². The van der Waals surface area contributed by atoms with Gasteiger partial charge in [0, 0.05) is 0 Å². The lowest BCUT2D eigenvalue weighted by Crippen LogP contribution is -1.90. The Hall–Kier alpha value is -1.96. The molecule has 2 aromatic carbocycles. The van der Waals surface area contributed by atoms with E-state index < -0.39 is 0 Å². The van der Waals surface area contributed by atoms with E-state index in [1.54, 1.807) is 12.1 Å². The van der Waals surface area contributed by atoms with Gasteiger partial charge in [-0.15, -0.1) is 0 Å². The van der Waals surface area contributed by atoms with E-state index >= 15 is 0 Å². The predicted octanol–water partition coefficient (Wildman–Crippen LogP) is 3.69. The molecule has 88 valence electrons. The molecule has 0 amide bonds. The third-order valence-corrected chi connectivity index (χ3v) is 3.09. The van der Waals surface area contributed by atoms with E-state index in [0.717, 1.165) is 22.3 Å². The Kier molecular flexibility index (Phi) is 2.80. The molecule has 17 heavy (non-hydrogen) atoms. The van der Waals surface area contributed by atoms with Crippen LogP contribution in [0.5, 0.6) is 11.5 Å². The van der Waals surface area contributed by atoms with Crippen molar-refractivity contribution in [3.63, 3.8) is 0 Å². The molecular formula is C15H16O2. The van der Waals surface area contributed by atoms with Crippen LogP contribution in [0.15, 0.2) is 30.3 Å². The molecule has 0 fully saturated rings. The summed E-state index contributed by atoms with van der Waals surface area (Å²) in [6.07, 6.45) is 0.